The molecule has 2 N–H and O–H groups in total. The minimum Gasteiger partial charge on any atom is -0.493 e. The summed E-state index contributed by atoms with van der Waals surface area (Å²) in [5.41, 5.74) is 5.78. The van der Waals surface area contributed by atoms with Crippen LogP contribution in [-0.2, 0) is 21.4 Å². The molecule has 10 heteroatoms. The number of rotatable bonds is 12. The van der Waals surface area contributed by atoms with E-state index in [1.54, 1.807) is 61.7 Å². The summed E-state index contributed by atoms with van der Waals surface area (Å²) in [6.45, 7) is 2.26. The fraction of sp³-hybridized carbons (Fsp3) is 0.161. The Kier molecular flexibility index (Phi) is 10.3. The van der Waals surface area contributed by atoms with Gasteiger partial charge < -0.3 is 9.47 Å². The van der Waals surface area contributed by atoms with Gasteiger partial charge in [0, 0.05) is 10.9 Å². The highest BCUT2D eigenvalue weighted by atomic mass is 79.9. The van der Waals surface area contributed by atoms with Gasteiger partial charge in [0.05, 0.1) is 24.3 Å². The molecule has 0 aliphatic heterocycles. The first-order valence-electron chi connectivity index (χ1n) is 12.7. The van der Waals surface area contributed by atoms with Gasteiger partial charge in [0.25, 0.3) is 0 Å². The zero-order chi connectivity index (χ0) is 29.2. The number of benzene rings is 4. The number of aryl methyl sites for hydroxylation is 1. The first kappa shape index (κ1) is 30.0. The molecule has 1 atom stereocenters. The number of ether oxygens (including phenoxy) is 2. The summed E-state index contributed by atoms with van der Waals surface area (Å²) in [7, 11) is -2.32. The molecule has 4 aromatic carbocycles. The molecule has 0 unspecified atom stereocenters. The first-order chi connectivity index (χ1) is 19.7. The maximum atomic E-state index is 13.0. The third kappa shape index (κ3) is 8.75. The van der Waals surface area contributed by atoms with E-state index in [4.69, 9.17) is 9.47 Å². The average molecular weight is 637 g/mol. The van der Waals surface area contributed by atoms with Crippen LogP contribution in [0.25, 0.3) is 0 Å². The van der Waals surface area contributed by atoms with Gasteiger partial charge in [0.15, 0.2) is 11.5 Å². The number of sulfonamides is 1. The first-order valence-corrected chi connectivity index (χ1v) is 15.0. The molecule has 4 rings (SSSR count). The summed E-state index contributed by atoms with van der Waals surface area (Å²) in [5, 5.41) is 4.06. The van der Waals surface area contributed by atoms with Crippen LogP contribution in [0.15, 0.2) is 112 Å². The maximum absolute atomic E-state index is 13.0. The van der Waals surface area contributed by atoms with Crippen LogP contribution >= 0.6 is 15.9 Å². The second kappa shape index (κ2) is 14.1. The van der Waals surface area contributed by atoms with Gasteiger partial charge in [-0.2, -0.15) is 5.10 Å². The van der Waals surface area contributed by atoms with Gasteiger partial charge in [-0.25, -0.2) is 18.6 Å². The third-order valence-corrected chi connectivity index (χ3v) is 8.13. The van der Waals surface area contributed by atoms with E-state index in [1.807, 2.05) is 37.3 Å². The summed E-state index contributed by atoms with van der Waals surface area (Å²) < 4.78 is 41.1. The number of hydrogen-bond donors (Lipinski definition) is 2. The zero-order valence-corrected chi connectivity index (χ0v) is 25.0. The van der Waals surface area contributed by atoms with Crippen molar-refractivity contribution in [1.29, 1.82) is 0 Å². The van der Waals surface area contributed by atoms with Crippen LogP contribution in [0, 0.1) is 6.92 Å². The molecule has 4 aromatic rings. The molecule has 41 heavy (non-hydrogen) atoms. The van der Waals surface area contributed by atoms with E-state index >= 15 is 0 Å². The Bertz CT molecular complexity index is 1590. The number of nitrogens with one attached hydrogen (secondary N) is 2. The van der Waals surface area contributed by atoms with Crippen molar-refractivity contribution in [3.8, 4) is 11.5 Å². The Morgan fingerprint density at radius 2 is 1.66 bits per heavy atom. The Morgan fingerprint density at radius 1 is 0.951 bits per heavy atom. The minimum atomic E-state index is -3.87. The molecule has 0 spiro atoms. The molecular formula is C31H30BrN3O5S. The van der Waals surface area contributed by atoms with Crippen LogP contribution in [0.3, 0.4) is 0 Å². The van der Waals surface area contributed by atoms with Crippen LogP contribution in [0.4, 0.5) is 0 Å². The fourth-order valence-corrected chi connectivity index (χ4v) is 5.41. The van der Waals surface area contributed by atoms with Gasteiger partial charge in [-0.05, 0) is 66.1 Å². The number of halogens is 1. The molecule has 0 aromatic heterocycles. The number of carbonyl (C=O) groups excluding carboxylic acids is 1. The van der Waals surface area contributed by atoms with Crippen molar-refractivity contribution >= 4 is 38.1 Å². The smallest absolute Gasteiger partial charge is 0.242 e. The number of methoxy groups -OCH3 is 1. The average Bonchev–Trinajstić information content (AvgIpc) is 2.97. The lowest BCUT2D eigenvalue weighted by Gasteiger charge is -2.18. The van der Waals surface area contributed by atoms with Crippen molar-refractivity contribution in [1.82, 2.24) is 10.1 Å². The molecule has 0 bridgehead atoms. The molecule has 0 saturated carbocycles. The van der Waals surface area contributed by atoms with E-state index in [-0.39, 0.29) is 11.3 Å². The highest BCUT2D eigenvalue weighted by Crippen LogP contribution is 2.28. The molecule has 1 amide bonds. The highest BCUT2D eigenvalue weighted by molar-refractivity contribution is 9.10. The van der Waals surface area contributed by atoms with E-state index in [0.29, 0.717) is 29.2 Å². The minimum absolute atomic E-state index is 0.126. The van der Waals surface area contributed by atoms with Gasteiger partial charge in [-0.15, -0.1) is 0 Å². The highest BCUT2D eigenvalue weighted by Gasteiger charge is 2.23. The van der Waals surface area contributed by atoms with E-state index in [1.165, 1.54) is 18.3 Å². The summed E-state index contributed by atoms with van der Waals surface area (Å²) in [6.07, 6.45) is 1.32. The summed E-state index contributed by atoms with van der Waals surface area (Å²) >= 11 is 3.42. The van der Waals surface area contributed by atoms with Crippen molar-refractivity contribution in [2.45, 2.75) is 30.9 Å². The zero-order valence-electron chi connectivity index (χ0n) is 22.6. The van der Waals surface area contributed by atoms with Crippen molar-refractivity contribution in [3.05, 3.63) is 124 Å². The normalized spacial score (nSPS) is 12.2. The molecule has 0 aliphatic rings. The van der Waals surface area contributed by atoms with Gasteiger partial charge >= 0.3 is 0 Å². The van der Waals surface area contributed by atoms with Crippen molar-refractivity contribution in [2.75, 3.05) is 7.11 Å². The predicted octanol–water partition coefficient (Wildman–Crippen LogP) is 5.91. The molecular weight excluding hydrogens is 606 g/mol. The number of amides is 1. The monoisotopic (exact) mass is 635 g/mol. The van der Waals surface area contributed by atoms with E-state index < -0.39 is 22.0 Å². The topological polar surface area (TPSA) is 106 Å². The lowest BCUT2D eigenvalue weighted by molar-refractivity contribution is -0.121. The lowest BCUT2D eigenvalue weighted by Crippen LogP contribution is -2.32. The van der Waals surface area contributed by atoms with E-state index in [0.717, 1.165) is 15.6 Å². The van der Waals surface area contributed by atoms with Crippen LogP contribution in [0.2, 0.25) is 0 Å². The lowest BCUT2D eigenvalue weighted by atomic mass is 10.0. The van der Waals surface area contributed by atoms with Crippen molar-refractivity contribution in [3.63, 3.8) is 0 Å². The van der Waals surface area contributed by atoms with Crippen LogP contribution in [0.1, 0.15) is 34.7 Å². The number of carbonyl (C=O) groups is 1. The standard InChI is InChI=1S/C31H30BrN3O5S/c1-22-8-15-27(16-9-22)41(37,38)35-28(25-6-4-3-5-7-25)19-31(36)34-33-20-24-12-17-29(30(18-24)39-2)40-21-23-10-13-26(32)14-11-23/h3-18,20,28,35H,19,21H2,1-2H3,(H,34,36)/b33-20-/t28-/m0/s1. The maximum Gasteiger partial charge on any atom is 0.242 e. The number of hydrogen-bond acceptors (Lipinski definition) is 6. The molecule has 0 radical (unpaired) electrons. The fourth-order valence-electron chi connectivity index (χ4n) is 3.92. The van der Waals surface area contributed by atoms with Gasteiger partial charge in [-0.3, -0.25) is 4.79 Å². The second-order valence-electron chi connectivity index (χ2n) is 9.22. The van der Waals surface area contributed by atoms with Crippen molar-refractivity contribution < 1.29 is 22.7 Å². The summed E-state index contributed by atoms with van der Waals surface area (Å²) in [6, 6.07) is 27.8. The SMILES string of the molecule is COc1cc(/C=N\NC(=O)C[C@H](NS(=O)(=O)c2ccc(C)cc2)c2ccccc2)ccc1OCc1ccc(Br)cc1. The predicted molar refractivity (Wildman–Crippen MR) is 163 cm³/mol. The van der Waals surface area contributed by atoms with Gasteiger partial charge in [0.2, 0.25) is 15.9 Å². The Labute approximate surface area is 248 Å². The van der Waals surface area contributed by atoms with Gasteiger partial charge in [0.1, 0.15) is 6.61 Å². The quantitative estimate of drug-likeness (QED) is 0.149. The molecule has 0 saturated heterocycles. The Hall–Kier alpha value is -3.99. The summed E-state index contributed by atoms with van der Waals surface area (Å²) in [4.78, 5) is 12.9. The van der Waals surface area contributed by atoms with E-state index in [9.17, 15) is 13.2 Å². The van der Waals surface area contributed by atoms with Crippen LogP contribution in [0.5, 0.6) is 11.5 Å². The Morgan fingerprint density at radius 3 is 2.34 bits per heavy atom. The number of nitrogens with zero attached hydrogens (tertiary/aromatic N) is 1. The molecule has 0 heterocycles. The van der Waals surface area contributed by atoms with Crippen LogP contribution in [-0.4, -0.2) is 27.6 Å². The third-order valence-electron chi connectivity index (χ3n) is 6.12. The molecule has 8 nitrogen and oxygen atoms in total. The van der Waals surface area contributed by atoms with Crippen molar-refractivity contribution in [2.24, 2.45) is 5.10 Å². The Balaban J connectivity index is 1.39. The van der Waals surface area contributed by atoms with E-state index in [2.05, 4.69) is 31.2 Å². The molecule has 0 aliphatic carbocycles. The second-order valence-corrected chi connectivity index (χ2v) is 11.9. The molecule has 212 valence electrons. The number of hydrazone groups is 1. The summed E-state index contributed by atoms with van der Waals surface area (Å²) in [5.74, 6) is 0.637. The largest absolute Gasteiger partial charge is 0.493 e. The van der Waals surface area contributed by atoms with Crippen LogP contribution < -0.4 is 19.6 Å². The van der Waals surface area contributed by atoms with Gasteiger partial charge in [-0.1, -0.05) is 76.1 Å². The molecule has 0 fully saturated rings.